The Morgan fingerprint density at radius 1 is 1.21 bits per heavy atom. The molecule has 1 amide bonds. The molecule has 1 saturated carbocycles. The molecule has 0 radical (unpaired) electrons. The summed E-state index contributed by atoms with van der Waals surface area (Å²) in [5, 5.41) is 23.2. The quantitative estimate of drug-likeness (QED) is 0.365. The van der Waals surface area contributed by atoms with Gasteiger partial charge < -0.3 is 15.2 Å². The first-order valence-corrected chi connectivity index (χ1v) is 9.76. The monoisotopic (exact) mass is 406 g/mol. The first kappa shape index (κ1) is 22.3. The number of benzene rings is 1. The van der Waals surface area contributed by atoms with Gasteiger partial charge in [-0.1, -0.05) is 31.4 Å². The molecule has 9 heteroatoms. The zero-order valence-electron chi connectivity index (χ0n) is 16.3. The van der Waals surface area contributed by atoms with Gasteiger partial charge in [-0.25, -0.2) is 4.79 Å². The molecule has 1 aromatic carbocycles. The first-order valence-electron chi connectivity index (χ1n) is 9.76. The predicted octanol–water partition coefficient (Wildman–Crippen LogP) is 2.78. The van der Waals surface area contributed by atoms with E-state index in [0.29, 0.717) is 18.4 Å². The fourth-order valence-corrected chi connectivity index (χ4v) is 3.64. The zero-order valence-corrected chi connectivity index (χ0v) is 16.3. The van der Waals surface area contributed by atoms with Crippen LogP contribution in [0.15, 0.2) is 24.3 Å². The molecule has 0 bridgehead atoms. The minimum Gasteiger partial charge on any atom is -0.480 e. The highest BCUT2D eigenvalue weighted by atomic mass is 16.6. The molecule has 1 aliphatic rings. The Balaban J connectivity index is 2.28. The van der Waals surface area contributed by atoms with Gasteiger partial charge in [-0.15, -0.1) is 0 Å². The van der Waals surface area contributed by atoms with E-state index in [-0.39, 0.29) is 30.5 Å². The number of nitrogens with zero attached hydrogens (tertiary/aromatic N) is 1. The molecule has 1 aromatic rings. The molecule has 29 heavy (non-hydrogen) atoms. The van der Waals surface area contributed by atoms with Gasteiger partial charge in [0, 0.05) is 24.0 Å². The van der Waals surface area contributed by atoms with Crippen LogP contribution in [0.3, 0.4) is 0 Å². The number of carbonyl (C=O) groups excluding carboxylic acids is 2. The van der Waals surface area contributed by atoms with Crippen molar-refractivity contribution in [2.45, 2.75) is 57.4 Å². The van der Waals surface area contributed by atoms with Crippen molar-refractivity contribution in [2.24, 2.45) is 5.92 Å². The van der Waals surface area contributed by atoms with Crippen LogP contribution in [-0.2, 0) is 19.1 Å². The maximum atomic E-state index is 12.6. The summed E-state index contributed by atoms with van der Waals surface area (Å²) in [4.78, 5) is 47.0. The van der Waals surface area contributed by atoms with Gasteiger partial charge in [0.25, 0.3) is 5.69 Å². The first-order chi connectivity index (χ1) is 13.8. The van der Waals surface area contributed by atoms with Gasteiger partial charge in [-0.2, -0.15) is 0 Å². The summed E-state index contributed by atoms with van der Waals surface area (Å²) in [5.41, 5.74) is 0.252. The van der Waals surface area contributed by atoms with Crippen molar-refractivity contribution in [1.82, 2.24) is 5.32 Å². The standard InChI is InChI=1S/C20H26N2O7/c1-2-29-17(23)12-16(13-8-10-15(11-9-13)22(27)28)18(20(25)26)21-19(24)14-6-4-3-5-7-14/h8-11,14,16,18H,2-7,12H2,1H3,(H,21,24)(H,25,26)/t16-,18+/m1/s1. The van der Waals surface area contributed by atoms with Crippen molar-refractivity contribution in [3.63, 3.8) is 0 Å². The predicted molar refractivity (Wildman–Crippen MR) is 103 cm³/mol. The maximum Gasteiger partial charge on any atom is 0.326 e. The molecule has 1 fully saturated rings. The Hall–Kier alpha value is -2.97. The van der Waals surface area contributed by atoms with Crippen molar-refractivity contribution >= 4 is 23.5 Å². The average molecular weight is 406 g/mol. The second-order valence-corrected chi connectivity index (χ2v) is 7.12. The van der Waals surface area contributed by atoms with Crippen LogP contribution in [0.4, 0.5) is 5.69 Å². The molecule has 0 spiro atoms. The molecular formula is C20H26N2O7. The molecule has 0 aromatic heterocycles. The fraction of sp³-hybridized carbons (Fsp3) is 0.550. The van der Waals surface area contributed by atoms with Crippen molar-refractivity contribution in [1.29, 1.82) is 0 Å². The number of amides is 1. The molecular weight excluding hydrogens is 380 g/mol. The number of non-ortho nitro benzene ring substituents is 1. The second kappa shape index (κ2) is 10.5. The molecule has 1 aliphatic carbocycles. The van der Waals surface area contributed by atoms with Crippen LogP contribution in [0.25, 0.3) is 0 Å². The van der Waals surface area contributed by atoms with Crippen LogP contribution in [0.2, 0.25) is 0 Å². The smallest absolute Gasteiger partial charge is 0.326 e. The molecule has 2 N–H and O–H groups in total. The van der Waals surface area contributed by atoms with Crippen molar-refractivity contribution in [3.05, 3.63) is 39.9 Å². The van der Waals surface area contributed by atoms with E-state index in [0.717, 1.165) is 19.3 Å². The third kappa shape index (κ3) is 6.27. The van der Waals surface area contributed by atoms with Crippen molar-refractivity contribution in [2.75, 3.05) is 6.61 Å². The molecule has 2 atom stereocenters. The number of nitro benzene ring substituents is 1. The van der Waals surface area contributed by atoms with E-state index < -0.39 is 28.8 Å². The second-order valence-electron chi connectivity index (χ2n) is 7.12. The Bertz CT molecular complexity index is 742. The van der Waals surface area contributed by atoms with E-state index in [2.05, 4.69) is 5.32 Å². The number of rotatable bonds is 9. The molecule has 158 valence electrons. The lowest BCUT2D eigenvalue weighted by Gasteiger charge is -2.28. The number of hydrogen-bond donors (Lipinski definition) is 2. The number of ether oxygens (including phenoxy) is 1. The Morgan fingerprint density at radius 2 is 1.83 bits per heavy atom. The minimum atomic E-state index is -1.35. The highest BCUT2D eigenvalue weighted by molar-refractivity contribution is 5.86. The van der Waals surface area contributed by atoms with Crippen LogP contribution in [0, 0.1) is 16.0 Å². The number of aliphatic carboxylic acids is 1. The third-order valence-corrected chi connectivity index (χ3v) is 5.17. The lowest BCUT2D eigenvalue weighted by molar-refractivity contribution is -0.384. The molecule has 2 rings (SSSR count). The summed E-state index contributed by atoms with van der Waals surface area (Å²) >= 11 is 0. The topological polar surface area (TPSA) is 136 Å². The van der Waals surface area contributed by atoms with Crippen LogP contribution in [-0.4, -0.2) is 40.5 Å². The van der Waals surface area contributed by atoms with Gasteiger partial charge >= 0.3 is 11.9 Å². The average Bonchev–Trinajstić information content (AvgIpc) is 2.71. The Morgan fingerprint density at radius 3 is 2.34 bits per heavy atom. The van der Waals surface area contributed by atoms with Gasteiger partial charge in [0.05, 0.1) is 18.0 Å². The SMILES string of the molecule is CCOC(=O)C[C@H](c1ccc([N+](=O)[O-])cc1)[C@H](NC(=O)C1CCCCC1)C(=O)O. The summed E-state index contributed by atoms with van der Waals surface area (Å²) in [6, 6.07) is 3.95. The van der Waals surface area contributed by atoms with Gasteiger partial charge in [-0.3, -0.25) is 19.7 Å². The Labute approximate surface area is 168 Å². The van der Waals surface area contributed by atoms with Gasteiger partial charge in [-0.05, 0) is 25.3 Å². The van der Waals surface area contributed by atoms with Crippen LogP contribution >= 0.6 is 0 Å². The van der Waals surface area contributed by atoms with Crippen molar-refractivity contribution in [3.8, 4) is 0 Å². The van der Waals surface area contributed by atoms with Crippen LogP contribution in [0.5, 0.6) is 0 Å². The van der Waals surface area contributed by atoms with E-state index in [1.807, 2.05) is 0 Å². The number of esters is 1. The van der Waals surface area contributed by atoms with E-state index >= 15 is 0 Å². The molecule has 0 aliphatic heterocycles. The Kier molecular flexibility index (Phi) is 8.11. The van der Waals surface area contributed by atoms with E-state index in [4.69, 9.17) is 4.74 Å². The van der Waals surface area contributed by atoms with Crippen molar-refractivity contribution < 1.29 is 29.2 Å². The van der Waals surface area contributed by atoms with Gasteiger partial charge in [0.15, 0.2) is 0 Å². The number of carboxylic acid groups (broad SMARTS) is 1. The van der Waals surface area contributed by atoms with E-state index in [9.17, 15) is 29.6 Å². The number of hydrogen-bond acceptors (Lipinski definition) is 6. The number of nitrogens with one attached hydrogen (secondary N) is 1. The minimum absolute atomic E-state index is 0.137. The van der Waals surface area contributed by atoms with Gasteiger partial charge in [0.2, 0.25) is 5.91 Å². The summed E-state index contributed by atoms with van der Waals surface area (Å²) in [7, 11) is 0. The van der Waals surface area contributed by atoms with E-state index in [1.54, 1.807) is 6.92 Å². The molecule has 0 unspecified atom stereocenters. The lowest BCUT2D eigenvalue weighted by Crippen LogP contribution is -2.48. The highest BCUT2D eigenvalue weighted by Gasteiger charge is 2.35. The lowest BCUT2D eigenvalue weighted by atomic mass is 9.85. The van der Waals surface area contributed by atoms with Crippen LogP contribution in [0.1, 0.15) is 56.9 Å². The van der Waals surface area contributed by atoms with Gasteiger partial charge in [0.1, 0.15) is 6.04 Å². The fourth-order valence-electron chi connectivity index (χ4n) is 3.64. The molecule has 0 saturated heterocycles. The summed E-state index contributed by atoms with van der Waals surface area (Å²) in [6.45, 7) is 1.77. The summed E-state index contributed by atoms with van der Waals surface area (Å²) in [6.07, 6.45) is 4.04. The maximum absolute atomic E-state index is 12.6. The summed E-state index contributed by atoms with van der Waals surface area (Å²) < 4.78 is 4.95. The zero-order chi connectivity index (χ0) is 21.4. The summed E-state index contributed by atoms with van der Waals surface area (Å²) in [5.74, 6) is -3.38. The molecule has 9 nitrogen and oxygen atoms in total. The largest absolute Gasteiger partial charge is 0.480 e. The number of nitro groups is 1. The van der Waals surface area contributed by atoms with Crippen LogP contribution < -0.4 is 5.32 Å². The number of carboxylic acids is 1. The third-order valence-electron chi connectivity index (χ3n) is 5.17. The highest BCUT2D eigenvalue weighted by Crippen LogP contribution is 2.29. The number of carbonyl (C=O) groups is 3. The normalized spacial score (nSPS) is 16.4. The molecule has 0 heterocycles. The van der Waals surface area contributed by atoms with E-state index in [1.165, 1.54) is 24.3 Å².